The van der Waals surface area contributed by atoms with Gasteiger partial charge in [0.1, 0.15) is 0 Å². The van der Waals surface area contributed by atoms with Gasteiger partial charge in [0, 0.05) is 16.8 Å². The van der Waals surface area contributed by atoms with E-state index in [0.717, 1.165) is 11.3 Å². The molecule has 2 rings (SSSR count). The van der Waals surface area contributed by atoms with Gasteiger partial charge in [-0.1, -0.05) is 23.7 Å². The molecule has 106 valence electrons. The second-order valence-corrected chi connectivity index (χ2v) is 6.49. The van der Waals surface area contributed by atoms with Crippen molar-refractivity contribution >= 4 is 27.3 Å². The van der Waals surface area contributed by atoms with Crippen LogP contribution < -0.4 is 10.5 Å². The molecule has 2 aromatic carbocycles. The Labute approximate surface area is 123 Å². The molecule has 0 heterocycles. The van der Waals surface area contributed by atoms with Gasteiger partial charge < -0.3 is 5.32 Å². The Morgan fingerprint density at radius 1 is 1.15 bits per heavy atom. The Hall–Kier alpha value is -1.56. The largest absolute Gasteiger partial charge is 0.379 e. The fourth-order valence-corrected chi connectivity index (χ4v) is 2.56. The van der Waals surface area contributed by atoms with Crippen LogP contribution in [0.3, 0.4) is 0 Å². The van der Waals surface area contributed by atoms with Crippen molar-refractivity contribution in [1.82, 2.24) is 0 Å². The Balaban J connectivity index is 2.14. The first-order valence-corrected chi connectivity index (χ1v) is 7.93. The highest BCUT2D eigenvalue weighted by Gasteiger charge is 2.09. The molecule has 2 aromatic rings. The summed E-state index contributed by atoms with van der Waals surface area (Å²) in [4.78, 5) is 0.0958. The van der Waals surface area contributed by atoms with Crippen molar-refractivity contribution in [3.05, 3.63) is 59.1 Å². The molecular formula is C14H15ClN2O2S. The zero-order valence-electron chi connectivity index (χ0n) is 10.9. The molecule has 6 heteroatoms. The Kier molecular flexibility index (Phi) is 4.32. The maximum Gasteiger partial charge on any atom is 0.238 e. The number of hydrogen-bond acceptors (Lipinski definition) is 3. The van der Waals surface area contributed by atoms with Gasteiger partial charge in [0.15, 0.2) is 0 Å². The summed E-state index contributed by atoms with van der Waals surface area (Å²) < 4.78 is 22.3. The molecule has 0 amide bonds. The number of hydrogen-bond donors (Lipinski definition) is 2. The van der Waals surface area contributed by atoms with Crippen molar-refractivity contribution in [3.63, 3.8) is 0 Å². The summed E-state index contributed by atoms with van der Waals surface area (Å²) in [5.41, 5.74) is 1.86. The van der Waals surface area contributed by atoms with Crippen molar-refractivity contribution in [2.75, 3.05) is 5.32 Å². The van der Waals surface area contributed by atoms with Crippen LogP contribution in [0.4, 0.5) is 5.69 Å². The molecule has 0 aliphatic carbocycles. The monoisotopic (exact) mass is 310 g/mol. The maximum atomic E-state index is 11.2. The minimum absolute atomic E-state index is 0.0500. The molecule has 0 saturated heterocycles. The van der Waals surface area contributed by atoms with Crippen LogP contribution in [-0.4, -0.2) is 8.42 Å². The van der Waals surface area contributed by atoms with E-state index in [2.05, 4.69) is 5.32 Å². The summed E-state index contributed by atoms with van der Waals surface area (Å²) in [6.45, 7) is 2.00. The number of primary sulfonamides is 1. The molecule has 3 N–H and O–H groups in total. The molecule has 0 radical (unpaired) electrons. The summed E-state index contributed by atoms with van der Waals surface area (Å²) in [6, 6.07) is 13.9. The minimum atomic E-state index is -3.65. The number of sulfonamides is 1. The average molecular weight is 311 g/mol. The zero-order chi connectivity index (χ0) is 14.8. The first-order chi connectivity index (χ1) is 9.36. The van der Waals surface area contributed by atoms with E-state index in [1.165, 1.54) is 12.1 Å². The van der Waals surface area contributed by atoms with E-state index in [0.29, 0.717) is 5.02 Å². The predicted molar refractivity (Wildman–Crippen MR) is 81.3 cm³/mol. The van der Waals surface area contributed by atoms with Crippen molar-refractivity contribution in [1.29, 1.82) is 0 Å². The quantitative estimate of drug-likeness (QED) is 0.911. The summed E-state index contributed by atoms with van der Waals surface area (Å²) in [5, 5.41) is 9.00. The van der Waals surface area contributed by atoms with Crippen LogP contribution in [0.1, 0.15) is 18.5 Å². The normalized spacial score (nSPS) is 12.9. The molecular weight excluding hydrogens is 296 g/mol. The Bertz CT molecular complexity index is 699. The molecule has 0 fully saturated rings. The summed E-state index contributed by atoms with van der Waals surface area (Å²) in [5.74, 6) is 0. The first kappa shape index (κ1) is 14.8. The van der Waals surface area contributed by atoms with Crippen molar-refractivity contribution in [3.8, 4) is 0 Å². The lowest BCUT2D eigenvalue weighted by Gasteiger charge is -2.16. The second-order valence-electron chi connectivity index (χ2n) is 4.49. The van der Waals surface area contributed by atoms with Gasteiger partial charge in [-0.2, -0.15) is 0 Å². The lowest BCUT2D eigenvalue weighted by Crippen LogP contribution is -2.12. The first-order valence-electron chi connectivity index (χ1n) is 6.01. The van der Waals surface area contributed by atoms with Gasteiger partial charge in [-0.15, -0.1) is 0 Å². The summed E-state index contributed by atoms with van der Waals surface area (Å²) in [6.07, 6.45) is 0. The maximum absolute atomic E-state index is 11.2. The third-order valence-corrected chi connectivity index (χ3v) is 4.08. The summed E-state index contributed by atoms with van der Waals surface area (Å²) >= 11 is 5.95. The van der Waals surface area contributed by atoms with Crippen LogP contribution in [0.25, 0.3) is 0 Å². The van der Waals surface area contributed by atoms with Gasteiger partial charge in [-0.25, -0.2) is 13.6 Å². The van der Waals surface area contributed by atoms with Crippen LogP contribution >= 0.6 is 11.6 Å². The fourth-order valence-electron chi connectivity index (χ4n) is 1.85. The number of anilines is 1. The predicted octanol–water partition coefficient (Wildman–Crippen LogP) is 3.16. The van der Waals surface area contributed by atoms with E-state index in [1.54, 1.807) is 12.1 Å². The standard InChI is InChI=1S/C14H15ClN2O2S/c1-10(11-3-2-4-12(15)9-11)17-13-5-7-14(8-6-13)20(16,18)19/h2-10,17H,1H3,(H2,16,18,19). The minimum Gasteiger partial charge on any atom is -0.379 e. The van der Waals surface area contributed by atoms with Crippen LogP contribution in [0.2, 0.25) is 5.02 Å². The smallest absolute Gasteiger partial charge is 0.238 e. The molecule has 0 bridgehead atoms. The van der Waals surface area contributed by atoms with Crippen LogP contribution in [0.15, 0.2) is 53.4 Å². The molecule has 1 atom stereocenters. The Morgan fingerprint density at radius 2 is 1.80 bits per heavy atom. The van der Waals surface area contributed by atoms with Gasteiger partial charge in [0.2, 0.25) is 10.0 Å². The topological polar surface area (TPSA) is 72.2 Å². The SMILES string of the molecule is CC(Nc1ccc(S(N)(=O)=O)cc1)c1cccc(Cl)c1. The number of halogens is 1. The van der Waals surface area contributed by atoms with Crippen molar-refractivity contribution in [2.24, 2.45) is 5.14 Å². The molecule has 0 saturated carbocycles. The molecule has 4 nitrogen and oxygen atoms in total. The van der Waals surface area contributed by atoms with E-state index in [-0.39, 0.29) is 10.9 Å². The number of rotatable bonds is 4. The number of benzene rings is 2. The van der Waals surface area contributed by atoms with Crippen LogP contribution in [0, 0.1) is 0 Å². The van der Waals surface area contributed by atoms with Gasteiger partial charge >= 0.3 is 0 Å². The van der Waals surface area contributed by atoms with E-state index >= 15 is 0 Å². The second kappa shape index (κ2) is 5.83. The molecule has 20 heavy (non-hydrogen) atoms. The van der Waals surface area contributed by atoms with E-state index < -0.39 is 10.0 Å². The highest BCUT2D eigenvalue weighted by Crippen LogP contribution is 2.22. The lowest BCUT2D eigenvalue weighted by atomic mass is 10.1. The van der Waals surface area contributed by atoms with Gasteiger partial charge in [0.05, 0.1) is 4.90 Å². The average Bonchev–Trinajstić information content (AvgIpc) is 2.38. The number of nitrogens with one attached hydrogen (secondary N) is 1. The summed E-state index contributed by atoms with van der Waals surface area (Å²) in [7, 11) is -3.65. The lowest BCUT2D eigenvalue weighted by molar-refractivity contribution is 0.598. The van der Waals surface area contributed by atoms with Gasteiger partial charge in [-0.05, 0) is 48.9 Å². The highest BCUT2D eigenvalue weighted by atomic mass is 35.5. The fraction of sp³-hybridized carbons (Fsp3) is 0.143. The third kappa shape index (κ3) is 3.72. The Morgan fingerprint density at radius 3 is 2.35 bits per heavy atom. The van der Waals surface area contributed by atoms with E-state index in [9.17, 15) is 8.42 Å². The van der Waals surface area contributed by atoms with E-state index in [1.807, 2.05) is 31.2 Å². The van der Waals surface area contributed by atoms with Crippen molar-refractivity contribution < 1.29 is 8.42 Å². The van der Waals surface area contributed by atoms with Crippen LogP contribution in [-0.2, 0) is 10.0 Å². The van der Waals surface area contributed by atoms with E-state index in [4.69, 9.17) is 16.7 Å². The van der Waals surface area contributed by atoms with Crippen LogP contribution in [0.5, 0.6) is 0 Å². The number of nitrogens with two attached hydrogens (primary N) is 1. The third-order valence-electron chi connectivity index (χ3n) is 2.91. The zero-order valence-corrected chi connectivity index (χ0v) is 12.4. The molecule has 0 spiro atoms. The van der Waals surface area contributed by atoms with Gasteiger partial charge in [0.25, 0.3) is 0 Å². The molecule has 0 aromatic heterocycles. The molecule has 1 unspecified atom stereocenters. The molecule has 0 aliphatic rings. The highest BCUT2D eigenvalue weighted by molar-refractivity contribution is 7.89. The molecule has 0 aliphatic heterocycles. The van der Waals surface area contributed by atoms with Crippen molar-refractivity contribution in [2.45, 2.75) is 17.9 Å². The van der Waals surface area contributed by atoms with Gasteiger partial charge in [-0.3, -0.25) is 0 Å².